The molecule has 0 spiro atoms. The summed E-state index contributed by atoms with van der Waals surface area (Å²) in [5.74, 6) is 3.48. The van der Waals surface area contributed by atoms with E-state index in [-0.39, 0.29) is 0 Å². The van der Waals surface area contributed by atoms with Crippen LogP contribution in [-0.2, 0) is 6.54 Å². The van der Waals surface area contributed by atoms with Crippen LogP contribution < -0.4 is 4.74 Å². The molecule has 1 aromatic carbocycles. The molecule has 1 unspecified atom stereocenters. The van der Waals surface area contributed by atoms with E-state index < -0.39 is 6.10 Å². The molecule has 0 amide bonds. The fourth-order valence-electron chi connectivity index (χ4n) is 3.70. The number of ether oxygens (including phenoxy) is 1. The Bertz CT molecular complexity index is 704. The second-order valence-electron chi connectivity index (χ2n) is 6.71. The molecular formula is C20H24N2O2S. The van der Waals surface area contributed by atoms with Gasteiger partial charge in [0.05, 0.1) is 0 Å². The van der Waals surface area contributed by atoms with Gasteiger partial charge >= 0.3 is 0 Å². The van der Waals surface area contributed by atoms with E-state index in [9.17, 15) is 5.11 Å². The Hall–Kier alpha value is -1.56. The fourth-order valence-corrected chi connectivity index (χ4v) is 4.79. The third-order valence-corrected chi connectivity index (χ3v) is 6.19. The second-order valence-corrected chi connectivity index (χ2v) is 7.94. The van der Waals surface area contributed by atoms with Gasteiger partial charge in [-0.05, 0) is 59.7 Å². The molecule has 1 N–H and O–H groups in total. The average Bonchev–Trinajstić information content (AvgIpc) is 2.90. The smallest absolute Gasteiger partial charge is 0.123 e. The number of hydrogen-bond acceptors (Lipinski definition) is 5. The van der Waals surface area contributed by atoms with E-state index in [4.69, 9.17) is 4.74 Å². The van der Waals surface area contributed by atoms with Crippen LogP contribution in [0.15, 0.2) is 42.7 Å². The lowest BCUT2D eigenvalue weighted by atomic mass is 9.99. The molecule has 3 heterocycles. The average molecular weight is 356 g/mol. The third kappa shape index (κ3) is 3.84. The largest absolute Gasteiger partial charge is 0.492 e. The first-order chi connectivity index (χ1) is 12.3. The van der Waals surface area contributed by atoms with Crippen LogP contribution in [0.2, 0.25) is 0 Å². The van der Waals surface area contributed by atoms with Crippen LogP contribution in [0.4, 0.5) is 0 Å². The van der Waals surface area contributed by atoms with Gasteiger partial charge in [-0.2, -0.15) is 11.8 Å². The van der Waals surface area contributed by atoms with Crippen LogP contribution in [0.5, 0.6) is 5.75 Å². The van der Waals surface area contributed by atoms with E-state index in [0.29, 0.717) is 6.04 Å². The zero-order chi connectivity index (χ0) is 17.1. The number of rotatable bonds is 3. The van der Waals surface area contributed by atoms with Crippen molar-refractivity contribution in [1.82, 2.24) is 9.88 Å². The van der Waals surface area contributed by atoms with E-state index in [0.717, 1.165) is 36.6 Å². The standard InChI is InChI=1S/C20H24N2O2S/c23-20(15-3-7-21-8-4-15)16-1-2-19-17(13-16)14-22(9-10-24-19)18-5-11-25-12-6-18/h1-4,7-8,13,18,20,23H,5-6,9-12,14H2. The molecule has 1 aromatic heterocycles. The van der Waals surface area contributed by atoms with Crippen molar-refractivity contribution in [3.63, 3.8) is 0 Å². The van der Waals surface area contributed by atoms with Gasteiger partial charge in [-0.1, -0.05) is 6.07 Å². The quantitative estimate of drug-likeness (QED) is 0.915. The molecule has 0 aliphatic carbocycles. The molecular weight excluding hydrogens is 332 g/mol. The van der Waals surface area contributed by atoms with Crippen molar-refractivity contribution < 1.29 is 9.84 Å². The fraction of sp³-hybridized carbons (Fsp3) is 0.450. The van der Waals surface area contributed by atoms with Gasteiger partial charge in [0.1, 0.15) is 18.5 Å². The molecule has 132 valence electrons. The zero-order valence-corrected chi connectivity index (χ0v) is 15.1. The second kappa shape index (κ2) is 7.77. The van der Waals surface area contributed by atoms with Crippen LogP contribution in [0.1, 0.15) is 35.6 Å². The molecule has 2 aliphatic heterocycles. The molecule has 1 saturated heterocycles. The number of pyridine rings is 1. The summed E-state index contributed by atoms with van der Waals surface area (Å²) in [6.45, 7) is 2.62. The van der Waals surface area contributed by atoms with E-state index in [1.54, 1.807) is 12.4 Å². The molecule has 0 radical (unpaired) electrons. The first-order valence-electron chi connectivity index (χ1n) is 8.96. The van der Waals surface area contributed by atoms with Crippen LogP contribution in [0.3, 0.4) is 0 Å². The maximum absolute atomic E-state index is 10.7. The zero-order valence-electron chi connectivity index (χ0n) is 14.3. The number of nitrogens with zero attached hydrogens (tertiary/aromatic N) is 2. The minimum absolute atomic E-state index is 0.629. The molecule has 4 rings (SSSR count). The highest BCUT2D eigenvalue weighted by Crippen LogP contribution is 2.31. The Morgan fingerprint density at radius 2 is 1.92 bits per heavy atom. The normalized spacial score (nSPS) is 20.4. The highest BCUT2D eigenvalue weighted by atomic mass is 32.2. The molecule has 2 aliphatic rings. The van der Waals surface area contributed by atoms with Crippen molar-refractivity contribution in [2.24, 2.45) is 0 Å². The SMILES string of the molecule is OC(c1ccncc1)c1ccc2c(c1)CN(C1CCSCC1)CCO2. The Labute approximate surface area is 153 Å². The van der Waals surface area contributed by atoms with Crippen LogP contribution >= 0.6 is 11.8 Å². The van der Waals surface area contributed by atoms with Crippen molar-refractivity contribution in [1.29, 1.82) is 0 Å². The van der Waals surface area contributed by atoms with Gasteiger partial charge in [0.2, 0.25) is 0 Å². The topological polar surface area (TPSA) is 45.6 Å². The van der Waals surface area contributed by atoms with E-state index in [2.05, 4.69) is 27.7 Å². The number of thioether (sulfide) groups is 1. The van der Waals surface area contributed by atoms with Gasteiger partial charge < -0.3 is 9.84 Å². The summed E-state index contributed by atoms with van der Waals surface area (Å²) in [5, 5.41) is 10.7. The van der Waals surface area contributed by atoms with E-state index in [1.807, 2.05) is 24.3 Å². The van der Waals surface area contributed by atoms with Gasteiger partial charge in [0.25, 0.3) is 0 Å². The van der Waals surface area contributed by atoms with Crippen molar-refractivity contribution >= 4 is 11.8 Å². The summed E-state index contributed by atoms with van der Waals surface area (Å²) < 4.78 is 5.97. The summed E-state index contributed by atoms with van der Waals surface area (Å²) in [6, 6.07) is 10.5. The van der Waals surface area contributed by atoms with Gasteiger partial charge in [0.15, 0.2) is 0 Å². The van der Waals surface area contributed by atoms with Crippen molar-refractivity contribution in [2.45, 2.75) is 31.5 Å². The lowest BCUT2D eigenvalue weighted by Crippen LogP contribution is -2.38. The van der Waals surface area contributed by atoms with Gasteiger partial charge in [-0.15, -0.1) is 0 Å². The van der Waals surface area contributed by atoms with Gasteiger partial charge in [0, 0.05) is 37.1 Å². The molecule has 1 fully saturated rings. The van der Waals surface area contributed by atoms with Crippen LogP contribution in [-0.4, -0.2) is 45.7 Å². The Balaban J connectivity index is 1.57. The number of aromatic nitrogens is 1. The van der Waals surface area contributed by atoms with Crippen LogP contribution in [0.25, 0.3) is 0 Å². The first-order valence-corrected chi connectivity index (χ1v) is 10.1. The number of aliphatic hydroxyl groups excluding tert-OH is 1. The lowest BCUT2D eigenvalue weighted by Gasteiger charge is -2.32. The number of aliphatic hydroxyl groups is 1. The lowest BCUT2D eigenvalue weighted by molar-refractivity contribution is 0.160. The summed E-state index contributed by atoms with van der Waals surface area (Å²) in [7, 11) is 0. The Morgan fingerprint density at radius 3 is 2.72 bits per heavy atom. The molecule has 5 heteroatoms. The maximum atomic E-state index is 10.7. The van der Waals surface area contributed by atoms with Crippen molar-refractivity contribution in [2.75, 3.05) is 24.7 Å². The summed E-state index contributed by atoms with van der Waals surface area (Å²) in [4.78, 5) is 6.59. The minimum Gasteiger partial charge on any atom is -0.492 e. The minimum atomic E-state index is -0.629. The van der Waals surface area contributed by atoms with Crippen molar-refractivity contribution in [3.05, 3.63) is 59.4 Å². The highest BCUT2D eigenvalue weighted by molar-refractivity contribution is 7.99. The maximum Gasteiger partial charge on any atom is 0.123 e. The van der Waals surface area contributed by atoms with Crippen molar-refractivity contribution in [3.8, 4) is 5.75 Å². The predicted octanol–water partition coefficient (Wildman–Crippen LogP) is 3.25. The summed E-state index contributed by atoms with van der Waals surface area (Å²) in [6.07, 6.45) is 5.33. The van der Waals surface area contributed by atoms with E-state index in [1.165, 1.54) is 29.9 Å². The van der Waals surface area contributed by atoms with E-state index >= 15 is 0 Å². The first kappa shape index (κ1) is 16.9. The monoisotopic (exact) mass is 356 g/mol. The highest BCUT2D eigenvalue weighted by Gasteiger charge is 2.25. The summed E-state index contributed by atoms with van der Waals surface area (Å²) >= 11 is 2.06. The predicted molar refractivity (Wildman–Crippen MR) is 101 cm³/mol. The molecule has 1 atom stereocenters. The Morgan fingerprint density at radius 1 is 1.12 bits per heavy atom. The number of fused-ring (bicyclic) bond motifs is 1. The number of hydrogen-bond donors (Lipinski definition) is 1. The van der Waals surface area contributed by atoms with Crippen LogP contribution in [0, 0.1) is 0 Å². The van der Waals surface area contributed by atoms with Gasteiger partial charge in [-0.25, -0.2) is 0 Å². The molecule has 0 bridgehead atoms. The summed E-state index contributed by atoms with van der Waals surface area (Å²) in [5.41, 5.74) is 2.96. The molecule has 2 aromatic rings. The molecule has 4 nitrogen and oxygen atoms in total. The Kier molecular flexibility index (Phi) is 5.25. The van der Waals surface area contributed by atoms with Gasteiger partial charge in [-0.3, -0.25) is 9.88 Å². The number of benzene rings is 1. The molecule has 25 heavy (non-hydrogen) atoms. The molecule has 0 saturated carbocycles. The third-order valence-electron chi connectivity index (χ3n) is 5.14.